The molecule has 0 fully saturated rings. The van der Waals surface area contributed by atoms with Crippen molar-refractivity contribution in [1.29, 1.82) is 0 Å². The topological polar surface area (TPSA) is 59.0 Å². The predicted octanol–water partition coefficient (Wildman–Crippen LogP) is 3.63. The van der Waals surface area contributed by atoms with Crippen LogP contribution in [0.5, 0.6) is 0 Å². The van der Waals surface area contributed by atoms with Crippen molar-refractivity contribution in [2.45, 2.75) is 6.04 Å². The van der Waals surface area contributed by atoms with E-state index in [0.29, 0.717) is 0 Å². The third-order valence-corrected chi connectivity index (χ3v) is 4.35. The molecule has 124 valence electrons. The molecule has 0 bridgehead atoms. The molecular formula is C16H14F2N4OS. The van der Waals surface area contributed by atoms with Crippen molar-refractivity contribution in [2.75, 3.05) is 11.9 Å². The number of aromatic nitrogens is 2. The Labute approximate surface area is 140 Å². The Hall–Kier alpha value is -2.74. The summed E-state index contributed by atoms with van der Waals surface area (Å²) in [7, 11) is 0. The second-order valence-electron chi connectivity index (χ2n) is 4.95. The Kier molecular flexibility index (Phi) is 4.85. The highest BCUT2D eigenvalue weighted by molar-refractivity contribution is 7.10. The number of carbonyl (C=O) groups is 1. The minimum Gasteiger partial charge on any atom is -0.335 e. The first-order chi connectivity index (χ1) is 11.6. The Balaban J connectivity index is 1.68. The summed E-state index contributed by atoms with van der Waals surface area (Å²) in [4.78, 5) is 13.0. The molecule has 8 heteroatoms. The molecule has 1 atom stereocenters. The van der Waals surface area contributed by atoms with Crippen molar-refractivity contribution in [3.8, 4) is 0 Å². The van der Waals surface area contributed by atoms with E-state index in [9.17, 15) is 13.6 Å². The number of anilines is 1. The van der Waals surface area contributed by atoms with Crippen LogP contribution in [-0.4, -0.2) is 22.4 Å². The summed E-state index contributed by atoms with van der Waals surface area (Å²) in [6, 6.07) is 8.14. The van der Waals surface area contributed by atoms with E-state index in [4.69, 9.17) is 0 Å². The van der Waals surface area contributed by atoms with Gasteiger partial charge >= 0.3 is 6.03 Å². The predicted molar refractivity (Wildman–Crippen MR) is 88.1 cm³/mol. The van der Waals surface area contributed by atoms with Gasteiger partial charge in [0.25, 0.3) is 0 Å². The van der Waals surface area contributed by atoms with Crippen molar-refractivity contribution in [2.24, 2.45) is 0 Å². The van der Waals surface area contributed by atoms with Crippen LogP contribution in [0, 0.1) is 11.6 Å². The molecule has 2 heterocycles. The highest BCUT2D eigenvalue weighted by Crippen LogP contribution is 2.22. The number of rotatable bonds is 5. The molecule has 1 unspecified atom stereocenters. The van der Waals surface area contributed by atoms with Gasteiger partial charge in [-0.25, -0.2) is 13.6 Å². The molecule has 0 aliphatic heterocycles. The van der Waals surface area contributed by atoms with Gasteiger partial charge in [-0.05, 0) is 29.6 Å². The first-order valence-electron chi connectivity index (χ1n) is 7.16. The average molecular weight is 348 g/mol. The molecule has 2 amide bonds. The maximum absolute atomic E-state index is 13.6. The number of halogens is 2. The molecule has 0 aliphatic rings. The number of nitrogens with one attached hydrogen (secondary N) is 2. The van der Waals surface area contributed by atoms with E-state index in [1.165, 1.54) is 17.4 Å². The van der Waals surface area contributed by atoms with Gasteiger partial charge in [0.1, 0.15) is 23.4 Å². The summed E-state index contributed by atoms with van der Waals surface area (Å²) in [5.74, 6) is -1.65. The lowest BCUT2D eigenvalue weighted by molar-refractivity contribution is 0.250. The van der Waals surface area contributed by atoms with Crippen LogP contribution in [0.25, 0.3) is 0 Å². The Morgan fingerprint density at radius 3 is 2.62 bits per heavy atom. The van der Waals surface area contributed by atoms with Gasteiger partial charge in [-0.15, -0.1) is 11.3 Å². The fraction of sp³-hybridized carbons (Fsp3) is 0.125. The molecule has 0 spiro atoms. The van der Waals surface area contributed by atoms with Crippen LogP contribution in [0.3, 0.4) is 0 Å². The molecular weight excluding hydrogens is 334 g/mol. The summed E-state index contributed by atoms with van der Waals surface area (Å²) in [6.45, 7) is 0.226. The molecule has 2 aromatic heterocycles. The number of hydrogen-bond acceptors (Lipinski definition) is 3. The summed E-state index contributed by atoms with van der Waals surface area (Å²) in [6.07, 6.45) is 3.44. The Morgan fingerprint density at radius 2 is 2.00 bits per heavy atom. The van der Waals surface area contributed by atoms with Crippen molar-refractivity contribution in [3.63, 3.8) is 0 Å². The Morgan fingerprint density at radius 1 is 1.21 bits per heavy atom. The highest BCUT2D eigenvalue weighted by atomic mass is 32.1. The summed E-state index contributed by atoms with van der Waals surface area (Å²) >= 11 is 1.54. The summed E-state index contributed by atoms with van der Waals surface area (Å²) in [5.41, 5.74) is -0.471. The maximum atomic E-state index is 13.6. The number of thiophene rings is 1. The van der Waals surface area contributed by atoms with Gasteiger partial charge in [0, 0.05) is 23.8 Å². The van der Waals surface area contributed by atoms with Gasteiger partial charge in [0.2, 0.25) is 0 Å². The van der Waals surface area contributed by atoms with E-state index >= 15 is 0 Å². The van der Waals surface area contributed by atoms with Crippen molar-refractivity contribution in [1.82, 2.24) is 15.1 Å². The third kappa shape index (κ3) is 3.60. The summed E-state index contributed by atoms with van der Waals surface area (Å²) in [5, 5.41) is 10.9. The molecule has 2 N–H and O–H groups in total. The van der Waals surface area contributed by atoms with Crippen LogP contribution < -0.4 is 10.6 Å². The molecule has 3 aromatic rings. The van der Waals surface area contributed by atoms with Gasteiger partial charge < -0.3 is 10.6 Å². The number of amides is 2. The van der Waals surface area contributed by atoms with Crippen LogP contribution in [0.1, 0.15) is 10.9 Å². The first kappa shape index (κ1) is 16.1. The van der Waals surface area contributed by atoms with Gasteiger partial charge in [0.15, 0.2) is 0 Å². The van der Waals surface area contributed by atoms with E-state index in [0.717, 1.165) is 17.0 Å². The molecule has 0 radical (unpaired) electrons. The monoisotopic (exact) mass is 348 g/mol. The quantitative estimate of drug-likeness (QED) is 0.740. The molecule has 0 aliphatic carbocycles. The smallest absolute Gasteiger partial charge is 0.319 e. The fourth-order valence-corrected chi connectivity index (χ4v) is 3.05. The van der Waals surface area contributed by atoms with Crippen LogP contribution in [-0.2, 0) is 0 Å². The van der Waals surface area contributed by atoms with Crippen LogP contribution in [0.15, 0.2) is 54.2 Å². The van der Waals surface area contributed by atoms with Crippen molar-refractivity contribution < 1.29 is 13.6 Å². The second-order valence-corrected chi connectivity index (χ2v) is 5.93. The van der Waals surface area contributed by atoms with Crippen molar-refractivity contribution in [3.05, 3.63) is 70.7 Å². The van der Waals surface area contributed by atoms with Gasteiger partial charge in [-0.3, -0.25) is 4.68 Å². The minimum atomic E-state index is -0.827. The average Bonchev–Trinajstić information content (AvgIpc) is 3.25. The molecule has 0 saturated heterocycles. The zero-order valence-corrected chi connectivity index (χ0v) is 13.3. The molecule has 24 heavy (non-hydrogen) atoms. The first-order valence-corrected chi connectivity index (χ1v) is 8.04. The van der Waals surface area contributed by atoms with E-state index in [-0.39, 0.29) is 12.6 Å². The zero-order chi connectivity index (χ0) is 16.9. The second kappa shape index (κ2) is 7.22. The number of urea groups is 1. The third-order valence-electron chi connectivity index (χ3n) is 3.37. The normalized spacial score (nSPS) is 11.9. The van der Waals surface area contributed by atoms with Crippen molar-refractivity contribution >= 4 is 23.1 Å². The number of hydrogen-bond donors (Lipinski definition) is 2. The van der Waals surface area contributed by atoms with Crippen LogP contribution in [0.2, 0.25) is 0 Å². The lowest BCUT2D eigenvalue weighted by Crippen LogP contribution is -2.34. The SMILES string of the molecule is O=C(NCC(c1cccs1)n1cccn1)Nc1c(F)cccc1F. The highest BCUT2D eigenvalue weighted by Gasteiger charge is 2.17. The largest absolute Gasteiger partial charge is 0.335 e. The zero-order valence-electron chi connectivity index (χ0n) is 12.4. The van der Waals surface area contributed by atoms with Crippen LogP contribution >= 0.6 is 11.3 Å². The van der Waals surface area contributed by atoms with E-state index in [1.807, 2.05) is 17.5 Å². The van der Waals surface area contributed by atoms with Gasteiger partial charge in [-0.2, -0.15) is 5.10 Å². The standard InChI is InChI=1S/C16H14F2N4OS/c17-11-4-1-5-12(18)15(11)21-16(23)19-10-13(14-6-2-9-24-14)22-8-3-7-20-22/h1-9,13H,10H2,(H2,19,21,23). The van der Waals surface area contributed by atoms with E-state index < -0.39 is 23.4 Å². The van der Waals surface area contributed by atoms with Gasteiger partial charge in [0.05, 0.1) is 0 Å². The van der Waals surface area contributed by atoms with Gasteiger partial charge in [-0.1, -0.05) is 12.1 Å². The minimum absolute atomic E-state index is 0.198. The van der Waals surface area contributed by atoms with E-state index in [2.05, 4.69) is 15.7 Å². The number of para-hydroxylation sites is 1. The molecule has 3 rings (SSSR count). The molecule has 0 saturated carbocycles. The lowest BCUT2D eigenvalue weighted by atomic mass is 10.2. The van der Waals surface area contributed by atoms with E-state index in [1.54, 1.807) is 23.1 Å². The Bertz CT molecular complexity index is 751. The maximum Gasteiger partial charge on any atom is 0.319 e. The lowest BCUT2D eigenvalue weighted by Gasteiger charge is -2.17. The number of carbonyl (C=O) groups excluding carboxylic acids is 1. The molecule has 5 nitrogen and oxygen atoms in total. The number of nitrogens with zero attached hydrogens (tertiary/aromatic N) is 2. The molecule has 1 aromatic carbocycles. The summed E-state index contributed by atoms with van der Waals surface area (Å²) < 4.78 is 28.8. The van der Waals surface area contributed by atoms with Crippen LogP contribution in [0.4, 0.5) is 19.3 Å². The number of benzene rings is 1. The fourth-order valence-electron chi connectivity index (χ4n) is 2.23.